The van der Waals surface area contributed by atoms with E-state index in [1.165, 1.54) is 16.7 Å². The second-order valence-corrected chi connectivity index (χ2v) is 8.52. The normalized spacial score (nSPS) is 18.7. The molecule has 7 nitrogen and oxygen atoms in total. The van der Waals surface area contributed by atoms with Crippen LogP contribution < -0.4 is 10.2 Å². The number of benzene rings is 2. The Morgan fingerprint density at radius 2 is 1.91 bits per heavy atom. The molecule has 2 unspecified atom stereocenters. The number of aliphatic imine (C=N–C) groups is 1. The molecule has 32 heavy (non-hydrogen) atoms. The number of carbonyl (C=O) groups excluding carboxylic acids is 2. The maximum absolute atomic E-state index is 13.1. The third-order valence-corrected chi connectivity index (χ3v) is 6.08. The zero-order valence-electron chi connectivity index (χ0n) is 18.4. The van der Waals surface area contributed by atoms with Crippen molar-refractivity contribution in [1.29, 1.82) is 0 Å². The van der Waals surface area contributed by atoms with Gasteiger partial charge in [0.15, 0.2) is 5.17 Å². The number of para-hydroxylation sites is 1. The number of rotatable bonds is 8. The number of nitrogens with one attached hydrogen (secondary N) is 1. The second-order valence-electron chi connectivity index (χ2n) is 7.33. The zero-order chi connectivity index (χ0) is 22.9. The monoisotopic (exact) mass is 455 g/mol. The summed E-state index contributed by atoms with van der Waals surface area (Å²) in [5.74, 6) is -0.606. The molecule has 2 aromatic carbocycles. The Labute approximate surface area is 192 Å². The summed E-state index contributed by atoms with van der Waals surface area (Å²) >= 11 is 1.34. The molecule has 1 heterocycles. The van der Waals surface area contributed by atoms with Gasteiger partial charge in [-0.15, -0.1) is 0 Å². The first kappa shape index (κ1) is 23.8. The molecule has 1 aliphatic heterocycles. The predicted octanol–water partition coefficient (Wildman–Crippen LogP) is 4.10. The lowest BCUT2D eigenvalue weighted by Crippen LogP contribution is -2.34. The first-order valence-corrected chi connectivity index (χ1v) is 11.7. The summed E-state index contributed by atoms with van der Waals surface area (Å²) in [4.78, 5) is 31.0. The fourth-order valence-corrected chi connectivity index (χ4v) is 4.40. The molecule has 2 aromatic rings. The van der Waals surface area contributed by atoms with Crippen molar-refractivity contribution < 1.29 is 19.4 Å². The molecule has 0 bridgehead atoms. The number of amides is 1. The van der Waals surface area contributed by atoms with Crippen molar-refractivity contribution in [3.63, 3.8) is 0 Å². The van der Waals surface area contributed by atoms with Gasteiger partial charge in [0.05, 0.1) is 23.1 Å². The van der Waals surface area contributed by atoms with E-state index in [-0.39, 0.29) is 12.3 Å². The highest BCUT2D eigenvalue weighted by atomic mass is 32.2. The minimum Gasteiger partial charge on any atom is -0.462 e. The number of anilines is 1. The summed E-state index contributed by atoms with van der Waals surface area (Å²) < 4.78 is 4.99. The highest BCUT2D eigenvalue weighted by Gasteiger charge is 2.40. The Balaban J connectivity index is 1.73. The molecule has 8 heteroatoms. The topological polar surface area (TPSA) is 91.2 Å². The fourth-order valence-electron chi connectivity index (χ4n) is 3.30. The molecule has 1 aliphatic rings. The van der Waals surface area contributed by atoms with Crippen LogP contribution in [0.3, 0.4) is 0 Å². The minimum absolute atomic E-state index is 0.190. The number of amidine groups is 1. The van der Waals surface area contributed by atoms with Crippen LogP contribution in [0, 0.1) is 0 Å². The van der Waals surface area contributed by atoms with Crippen LogP contribution in [-0.2, 0) is 9.53 Å². The van der Waals surface area contributed by atoms with Gasteiger partial charge in [-0.25, -0.2) is 9.79 Å². The number of esters is 1. The van der Waals surface area contributed by atoms with E-state index in [9.17, 15) is 14.7 Å². The first-order valence-electron chi connectivity index (χ1n) is 10.9. The standard InChI is InChI=1S/C24H29N3O4S/c1-3-5-15-25-24(26-18-9-7-6-8-10-18)32-20-16-21(28)27(22(20)29)19-13-11-17(12-14-19)23(30)31-4-2/h6-14,20-21,28H,3-5,15-16H2,1-2H3,(H,25,26). The van der Waals surface area contributed by atoms with Crippen molar-refractivity contribution >= 4 is 40.2 Å². The highest BCUT2D eigenvalue weighted by molar-refractivity contribution is 8.15. The predicted molar refractivity (Wildman–Crippen MR) is 128 cm³/mol. The highest BCUT2D eigenvalue weighted by Crippen LogP contribution is 2.33. The third kappa shape index (κ3) is 6.11. The maximum Gasteiger partial charge on any atom is 0.338 e. The van der Waals surface area contributed by atoms with Gasteiger partial charge < -0.3 is 15.2 Å². The van der Waals surface area contributed by atoms with Crippen LogP contribution in [0.4, 0.5) is 11.4 Å². The number of aliphatic hydroxyl groups excluding tert-OH is 1. The van der Waals surface area contributed by atoms with E-state index >= 15 is 0 Å². The van der Waals surface area contributed by atoms with Crippen molar-refractivity contribution in [3.05, 3.63) is 60.2 Å². The first-order chi connectivity index (χ1) is 15.5. The van der Waals surface area contributed by atoms with Crippen molar-refractivity contribution in [2.45, 2.75) is 44.6 Å². The van der Waals surface area contributed by atoms with Crippen molar-refractivity contribution in [3.8, 4) is 0 Å². The summed E-state index contributed by atoms with van der Waals surface area (Å²) in [5, 5.41) is 14.1. The molecule has 1 fully saturated rings. The van der Waals surface area contributed by atoms with E-state index in [1.807, 2.05) is 30.3 Å². The number of hydrogen-bond donors (Lipinski definition) is 2. The number of nitrogens with zero attached hydrogens (tertiary/aromatic N) is 2. The number of carbonyl (C=O) groups is 2. The summed E-state index contributed by atoms with van der Waals surface area (Å²) in [6.07, 6.45) is 1.38. The number of thioether (sulfide) groups is 1. The van der Waals surface area contributed by atoms with Crippen LogP contribution in [0.1, 0.15) is 43.5 Å². The average Bonchev–Trinajstić information content (AvgIpc) is 3.07. The van der Waals surface area contributed by atoms with E-state index in [0.717, 1.165) is 25.1 Å². The third-order valence-electron chi connectivity index (χ3n) is 4.94. The van der Waals surface area contributed by atoms with Gasteiger partial charge in [0.1, 0.15) is 6.23 Å². The summed E-state index contributed by atoms with van der Waals surface area (Å²) in [6.45, 7) is 4.92. The largest absolute Gasteiger partial charge is 0.462 e. The molecule has 3 rings (SSSR count). The van der Waals surface area contributed by atoms with Crippen LogP contribution in [0.5, 0.6) is 0 Å². The Morgan fingerprint density at radius 3 is 2.56 bits per heavy atom. The van der Waals surface area contributed by atoms with Gasteiger partial charge in [0.25, 0.3) is 0 Å². The van der Waals surface area contributed by atoms with E-state index in [1.54, 1.807) is 31.2 Å². The molecule has 170 valence electrons. The number of aliphatic hydroxyl groups is 1. The molecule has 2 atom stereocenters. The van der Waals surface area contributed by atoms with Gasteiger partial charge in [-0.2, -0.15) is 0 Å². The number of unbranched alkanes of at least 4 members (excludes halogenated alkanes) is 1. The Kier molecular flexibility index (Phi) is 8.70. The molecule has 0 saturated carbocycles. The zero-order valence-corrected chi connectivity index (χ0v) is 19.2. The molecule has 1 amide bonds. The smallest absolute Gasteiger partial charge is 0.338 e. The Hall–Kier alpha value is -2.84. The molecule has 2 N–H and O–H groups in total. The van der Waals surface area contributed by atoms with E-state index in [2.05, 4.69) is 17.2 Å². The van der Waals surface area contributed by atoms with E-state index in [4.69, 9.17) is 4.74 Å². The lowest BCUT2D eigenvalue weighted by molar-refractivity contribution is -0.117. The second kappa shape index (κ2) is 11.7. The maximum atomic E-state index is 13.1. The van der Waals surface area contributed by atoms with E-state index in [0.29, 0.717) is 23.0 Å². The fraction of sp³-hybridized carbons (Fsp3) is 0.375. The molecular weight excluding hydrogens is 426 g/mol. The molecule has 0 aliphatic carbocycles. The van der Waals surface area contributed by atoms with Crippen molar-refractivity contribution in [2.75, 3.05) is 18.1 Å². The van der Waals surface area contributed by atoms with Crippen LogP contribution in [0.2, 0.25) is 0 Å². The van der Waals surface area contributed by atoms with Gasteiger partial charge in [-0.3, -0.25) is 9.69 Å². The van der Waals surface area contributed by atoms with Crippen LogP contribution in [-0.4, -0.2) is 46.8 Å². The van der Waals surface area contributed by atoms with Crippen molar-refractivity contribution in [2.24, 2.45) is 4.99 Å². The van der Waals surface area contributed by atoms with Crippen LogP contribution in [0.15, 0.2) is 59.6 Å². The van der Waals surface area contributed by atoms with Gasteiger partial charge >= 0.3 is 5.97 Å². The molecule has 0 spiro atoms. The lowest BCUT2D eigenvalue weighted by Gasteiger charge is -2.21. The minimum atomic E-state index is -0.943. The van der Waals surface area contributed by atoms with Crippen LogP contribution >= 0.6 is 11.8 Å². The summed E-state index contributed by atoms with van der Waals surface area (Å²) in [6, 6.07) is 16.1. The van der Waals surface area contributed by atoms with Gasteiger partial charge in [-0.1, -0.05) is 43.3 Å². The molecule has 1 saturated heterocycles. The van der Waals surface area contributed by atoms with Gasteiger partial charge in [0, 0.05) is 18.7 Å². The van der Waals surface area contributed by atoms with E-state index < -0.39 is 17.4 Å². The molecular formula is C24H29N3O4S. The van der Waals surface area contributed by atoms with Crippen molar-refractivity contribution in [1.82, 2.24) is 5.32 Å². The number of hydrogen-bond acceptors (Lipinski definition) is 6. The van der Waals surface area contributed by atoms with Gasteiger partial charge in [0.2, 0.25) is 5.91 Å². The summed E-state index contributed by atoms with van der Waals surface area (Å²) in [7, 11) is 0. The van der Waals surface area contributed by atoms with Crippen LogP contribution in [0.25, 0.3) is 0 Å². The Bertz CT molecular complexity index is 934. The Morgan fingerprint density at radius 1 is 1.19 bits per heavy atom. The average molecular weight is 456 g/mol. The van der Waals surface area contributed by atoms with Gasteiger partial charge in [-0.05, 0) is 49.7 Å². The quantitative estimate of drug-likeness (QED) is 0.270. The molecule has 0 radical (unpaired) electrons. The molecule has 0 aromatic heterocycles. The lowest BCUT2D eigenvalue weighted by atomic mass is 10.2. The number of ether oxygens (including phenoxy) is 1. The SMILES string of the molecule is CCCCN/C(=N\c1ccccc1)SC1CC(O)N(c2ccc(C(=O)OCC)cc2)C1=O. The summed E-state index contributed by atoms with van der Waals surface area (Å²) in [5.41, 5.74) is 1.75.